The van der Waals surface area contributed by atoms with E-state index in [1.165, 1.54) is 11.0 Å². The summed E-state index contributed by atoms with van der Waals surface area (Å²) in [7, 11) is 0. The zero-order valence-corrected chi connectivity index (χ0v) is 13.8. The highest BCUT2D eigenvalue weighted by atomic mass is 19.1. The van der Waals surface area contributed by atoms with Gasteiger partial charge in [-0.05, 0) is 42.7 Å². The molecule has 24 heavy (non-hydrogen) atoms. The highest BCUT2D eigenvalue weighted by Gasteiger charge is 2.32. The van der Waals surface area contributed by atoms with Gasteiger partial charge < -0.3 is 15.3 Å². The van der Waals surface area contributed by atoms with Crippen molar-refractivity contribution in [2.24, 2.45) is 11.8 Å². The lowest BCUT2D eigenvalue weighted by molar-refractivity contribution is -0.143. The second kappa shape index (κ2) is 6.79. The first-order valence-electron chi connectivity index (χ1n) is 8.48. The Morgan fingerprint density at radius 1 is 1.33 bits per heavy atom. The fraction of sp³-hybridized carbons (Fsp3) is 0.556. The molecule has 0 spiro atoms. The average molecular weight is 334 g/mol. The van der Waals surface area contributed by atoms with Crippen molar-refractivity contribution in [2.75, 3.05) is 13.1 Å². The summed E-state index contributed by atoms with van der Waals surface area (Å²) >= 11 is 0. The molecule has 1 aromatic rings. The number of hydrogen-bond donors (Lipinski definition) is 2. The van der Waals surface area contributed by atoms with Crippen molar-refractivity contribution < 1.29 is 19.1 Å². The minimum Gasteiger partial charge on any atom is -0.481 e. The zero-order valence-electron chi connectivity index (χ0n) is 13.8. The molecule has 0 bridgehead atoms. The van der Waals surface area contributed by atoms with Gasteiger partial charge in [0.25, 0.3) is 0 Å². The smallest absolute Gasteiger partial charge is 0.317 e. The highest BCUT2D eigenvalue weighted by Crippen LogP contribution is 2.40. The molecular weight excluding hydrogens is 311 g/mol. The van der Waals surface area contributed by atoms with Gasteiger partial charge in [-0.1, -0.05) is 19.1 Å². The Balaban J connectivity index is 1.60. The summed E-state index contributed by atoms with van der Waals surface area (Å²) in [5, 5.41) is 11.9. The number of nitrogens with zero attached hydrogens (tertiary/aromatic N) is 1. The minimum atomic E-state index is -0.873. The summed E-state index contributed by atoms with van der Waals surface area (Å²) in [4.78, 5) is 25.0. The van der Waals surface area contributed by atoms with Gasteiger partial charge in [0.2, 0.25) is 0 Å². The van der Waals surface area contributed by atoms with E-state index in [0.29, 0.717) is 24.4 Å². The lowest BCUT2D eigenvalue weighted by Crippen LogP contribution is -2.49. The Hall–Kier alpha value is -2.11. The molecule has 1 saturated carbocycles. The van der Waals surface area contributed by atoms with Crippen LogP contribution in [0.5, 0.6) is 0 Å². The third-order valence-electron chi connectivity index (χ3n) is 4.84. The molecule has 5 nitrogen and oxygen atoms in total. The van der Waals surface area contributed by atoms with E-state index in [1.807, 2.05) is 19.1 Å². The molecule has 1 heterocycles. The summed E-state index contributed by atoms with van der Waals surface area (Å²) in [6.07, 6.45) is 2.86. The van der Waals surface area contributed by atoms with Gasteiger partial charge in [-0.25, -0.2) is 9.18 Å². The van der Waals surface area contributed by atoms with Gasteiger partial charge in [0.05, 0.1) is 5.92 Å². The topological polar surface area (TPSA) is 69.6 Å². The van der Waals surface area contributed by atoms with Crippen LogP contribution in [0.1, 0.15) is 43.2 Å². The summed E-state index contributed by atoms with van der Waals surface area (Å²) in [5.41, 5.74) is 1.60. The first-order valence-corrected chi connectivity index (χ1v) is 8.48. The predicted octanol–water partition coefficient (Wildman–Crippen LogP) is 2.96. The van der Waals surface area contributed by atoms with Crippen LogP contribution in [0.3, 0.4) is 0 Å². The summed E-state index contributed by atoms with van der Waals surface area (Å²) in [6, 6.07) is 4.76. The van der Waals surface area contributed by atoms with Gasteiger partial charge in [0.15, 0.2) is 0 Å². The van der Waals surface area contributed by atoms with Crippen LogP contribution in [-0.2, 0) is 11.3 Å². The molecule has 1 aliphatic carbocycles. The van der Waals surface area contributed by atoms with Crippen LogP contribution in [0.15, 0.2) is 18.2 Å². The van der Waals surface area contributed by atoms with Crippen LogP contribution >= 0.6 is 0 Å². The van der Waals surface area contributed by atoms with Crippen LogP contribution in [0, 0.1) is 17.7 Å². The van der Waals surface area contributed by atoms with Gasteiger partial charge in [-0.15, -0.1) is 0 Å². The monoisotopic (exact) mass is 334 g/mol. The summed E-state index contributed by atoms with van der Waals surface area (Å²) in [5.74, 6) is -1.06. The Labute approximate surface area is 140 Å². The van der Waals surface area contributed by atoms with E-state index >= 15 is 0 Å². The lowest BCUT2D eigenvalue weighted by atomic mass is 9.91. The number of aliphatic carboxylic acids is 1. The zero-order chi connectivity index (χ0) is 17.3. The van der Waals surface area contributed by atoms with E-state index in [0.717, 1.165) is 18.4 Å². The number of carboxylic acid groups (broad SMARTS) is 1. The predicted molar refractivity (Wildman–Crippen MR) is 87.1 cm³/mol. The van der Waals surface area contributed by atoms with Crippen LogP contribution in [-0.4, -0.2) is 35.1 Å². The van der Waals surface area contributed by atoms with Crippen molar-refractivity contribution in [3.05, 3.63) is 35.1 Å². The standard InChI is InChI=1S/C18H23FN2O3/c1-11-6-15(17(22)23)10-21(9-11)18(24)20-8-14-7-13(12-2-3-12)4-5-16(14)19/h4-5,7,11-12,15H,2-3,6,8-10H2,1H3,(H,20,24)(H,22,23). The molecule has 2 fully saturated rings. The number of carbonyl (C=O) groups excluding carboxylic acids is 1. The largest absolute Gasteiger partial charge is 0.481 e. The molecule has 1 aromatic carbocycles. The Morgan fingerprint density at radius 2 is 2.08 bits per heavy atom. The second-order valence-corrected chi connectivity index (χ2v) is 7.06. The van der Waals surface area contributed by atoms with Crippen molar-refractivity contribution in [3.8, 4) is 0 Å². The normalized spacial score (nSPS) is 23.8. The Bertz CT molecular complexity index is 645. The van der Waals surface area contributed by atoms with Gasteiger partial charge in [0.1, 0.15) is 5.82 Å². The average Bonchev–Trinajstić information content (AvgIpc) is 3.38. The van der Waals surface area contributed by atoms with E-state index in [1.54, 1.807) is 0 Å². The number of benzene rings is 1. The number of rotatable bonds is 4. The minimum absolute atomic E-state index is 0.119. The number of carboxylic acids is 1. The molecule has 2 N–H and O–H groups in total. The van der Waals surface area contributed by atoms with Gasteiger partial charge >= 0.3 is 12.0 Å². The van der Waals surface area contributed by atoms with E-state index in [2.05, 4.69) is 5.32 Å². The molecule has 130 valence electrons. The Morgan fingerprint density at radius 3 is 2.75 bits per heavy atom. The number of halogens is 1. The van der Waals surface area contributed by atoms with Crippen LogP contribution < -0.4 is 5.32 Å². The van der Waals surface area contributed by atoms with Crippen LogP contribution in [0.4, 0.5) is 9.18 Å². The summed E-state index contributed by atoms with van der Waals surface area (Å²) in [6.45, 7) is 2.79. The third-order valence-corrected chi connectivity index (χ3v) is 4.84. The molecule has 1 aliphatic heterocycles. The number of piperidine rings is 1. The van der Waals surface area contributed by atoms with Crippen LogP contribution in [0.25, 0.3) is 0 Å². The highest BCUT2D eigenvalue weighted by molar-refractivity contribution is 5.76. The molecule has 0 radical (unpaired) electrons. The maximum atomic E-state index is 13.9. The number of hydrogen-bond acceptors (Lipinski definition) is 2. The van der Waals surface area contributed by atoms with Crippen LogP contribution in [0.2, 0.25) is 0 Å². The van der Waals surface area contributed by atoms with E-state index < -0.39 is 11.9 Å². The van der Waals surface area contributed by atoms with Crippen molar-refractivity contribution in [1.29, 1.82) is 0 Å². The first kappa shape index (κ1) is 16.7. The second-order valence-electron chi connectivity index (χ2n) is 7.06. The molecular formula is C18H23FN2O3. The fourth-order valence-corrected chi connectivity index (χ4v) is 3.38. The Kier molecular flexibility index (Phi) is 4.73. The lowest BCUT2D eigenvalue weighted by Gasteiger charge is -2.34. The van der Waals surface area contributed by atoms with E-state index in [-0.39, 0.29) is 30.9 Å². The first-order chi connectivity index (χ1) is 11.4. The van der Waals surface area contributed by atoms with Crippen molar-refractivity contribution >= 4 is 12.0 Å². The van der Waals surface area contributed by atoms with Crippen molar-refractivity contribution in [1.82, 2.24) is 10.2 Å². The van der Waals surface area contributed by atoms with Crippen molar-refractivity contribution in [2.45, 2.75) is 38.6 Å². The maximum Gasteiger partial charge on any atom is 0.317 e. The molecule has 2 atom stereocenters. The SMILES string of the molecule is CC1CC(C(=O)O)CN(C(=O)NCc2cc(C3CC3)ccc2F)C1. The van der Waals surface area contributed by atoms with E-state index in [4.69, 9.17) is 0 Å². The molecule has 3 rings (SSSR count). The number of likely N-dealkylation sites (tertiary alicyclic amines) is 1. The molecule has 1 saturated heterocycles. The van der Waals surface area contributed by atoms with E-state index in [9.17, 15) is 19.1 Å². The fourth-order valence-electron chi connectivity index (χ4n) is 3.38. The molecule has 6 heteroatoms. The number of nitrogens with one attached hydrogen (secondary N) is 1. The molecule has 0 aromatic heterocycles. The number of urea groups is 1. The quantitative estimate of drug-likeness (QED) is 0.889. The number of amides is 2. The van der Waals surface area contributed by atoms with Gasteiger partial charge in [-0.3, -0.25) is 4.79 Å². The number of carbonyl (C=O) groups is 2. The van der Waals surface area contributed by atoms with Gasteiger partial charge in [-0.2, -0.15) is 0 Å². The van der Waals surface area contributed by atoms with Crippen molar-refractivity contribution in [3.63, 3.8) is 0 Å². The molecule has 2 aliphatic rings. The molecule has 2 unspecified atom stereocenters. The molecule has 2 amide bonds. The summed E-state index contributed by atoms with van der Waals surface area (Å²) < 4.78 is 13.9. The maximum absolute atomic E-state index is 13.9. The van der Waals surface area contributed by atoms with Gasteiger partial charge in [0, 0.05) is 25.2 Å². The third kappa shape index (κ3) is 3.86.